The van der Waals surface area contributed by atoms with Gasteiger partial charge in [0.25, 0.3) is 0 Å². The number of piperidine rings is 1. The standard InChI is InChI=1S/C19H25N5S/c1-14-13-17(24-11-7-4-8-12-24)22-18(20-14)23-19(25)21-15(2)16-9-5-3-6-10-16/h3,5-6,9-10,13,15H,4,7-8,11-12H2,1-2H3,(H2,20,21,22,23,25). The molecule has 0 amide bonds. The van der Waals surface area contributed by atoms with E-state index in [4.69, 9.17) is 12.2 Å². The Morgan fingerprint density at radius 1 is 1.12 bits per heavy atom. The molecule has 3 rings (SSSR count). The van der Waals surface area contributed by atoms with E-state index < -0.39 is 0 Å². The number of anilines is 2. The zero-order valence-electron chi connectivity index (χ0n) is 14.8. The molecule has 1 saturated heterocycles. The summed E-state index contributed by atoms with van der Waals surface area (Å²) >= 11 is 5.44. The Labute approximate surface area is 154 Å². The number of nitrogens with zero attached hydrogens (tertiary/aromatic N) is 3. The predicted octanol–water partition coefficient (Wildman–Crippen LogP) is 3.82. The highest BCUT2D eigenvalue weighted by molar-refractivity contribution is 7.80. The molecule has 2 N–H and O–H groups in total. The molecule has 0 radical (unpaired) electrons. The molecule has 1 aliphatic heterocycles. The molecule has 0 spiro atoms. The molecule has 2 aromatic rings. The van der Waals surface area contributed by atoms with Gasteiger partial charge in [-0.2, -0.15) is 4.98 Å². The van der Waals surface area contributed by atoms with Gasteiger partial charge in [-0.15, -0.1) is 0 Å². The molecule has 1 aromatic heterocycles. The van der Waals surface area contributed by atoms with Gasteiger partial charge in [-0.05, 0) is 50.9 Å². The highest BCUT2D eigenvalue weighted by Crippen LogP contribution is 2.20. The summed E-state index contributed by atoms with van der Waals surface area (Å²) in [5.74, 6) is 1.53. The number of hydrogen-bond acceptors (Lipinski definition) is 4. The Kier molecular flexibility index (Phi) is 5.81. The molecule has 1 aromatic carbocycles. The van der Waals surface area contributed by atoms with Crippen molar-refractivity contribution < 1.29 is 0 Å². The summed E-state index contributed by atoms with van der Waals surface area (Å²) in [6.07, 6.45) is 3.75. The largest absolute Gasteiger partial charge is 0.356 e. The lowest BCUT2D eigenvalue weighted by atomic mass is 10.1. The Balaban J connectivity index is 1.65. The van der Waals surface area contributed by atoms with Crippen molar-refractivity contribution in [2.24, 2.45) is 0 Å². The second kappa shape index (κ2) is 8.25. The highest BCUT2D eigenvalue weighted by Gasteiger charge is 2.14. The van der Waals surface area contributed by atoms with E-state index in [9.17, 15) is 0 Å². The number of aryl methyl sites for hydroxylation is 1. The van der Waals surface area contributed by atoms with E-state index in [1.165, 1.54) is 24.8 Å². The lowest BCUT2D eigenvalue weighted by molar-refractivity contribution is 0.573. The molecule has 0 aliphatic carbocycles. The molecule has 132 valence electrons. The van der Waals surface area contributed by atoms with Crippen LogP contribution in [-0.4, -0.2) is 28.2 Å². The normalized spacial score (nSPS) is 15.5. The summed E-state index contributed by atoms with van der Waals surface area (Å²) in [6.45, 7) is 6.19. The molecular formula is C19H25N5S. The second-order valence-corrected chi connectivity index (χ2v) is 6.88. The van der Waals surface area contributed by atoms with Gasteiger partial charge in [0.1, 0.15) is 5.82 Å². The van der Waals surface area contributed by atoms with Crippen LogP contribution < -0.4 is 15.5 Å². The Hall–Kier alpha value is -2.21. The summed E-state index contributed by atoms with van der Waals surface area (Å²) in [6, 6.07) is 12.4. The number of nitrogens with one attached hydrogen (secondary N) is 2. The second-order valence-electron chi connectivity index (χ2n) is 6.47. The van der Waals surface area contributed by atoms with E-state index in [0.717, 1.165) is 24.6 Å². The fraction of sp³-hybridized carbons (Fsp3) is 0.421. The van der Waals surface area contributed by atoms with Gasteiger partial charge in [0.2, 0.25) is 5.95 Å². The van der Waals surface area contributed by atoms with Crippen LogP contribution in [0.2, 0.25) is 0 Å². The molecular weight excluding hydrogens is 330 g/mol. The smallest absolute Gasteiger partial charge is 0.231 e. The Bertz CT molecular complexity index is 713. The van der Waals surface area contributed by atoms with Crippen LogP contribution in [0.15, 0.2) is 36.4 Å². The van der Waals surface area contributed by atoms with Crippen molar-refractivity contribution in [3.63, 3.8) is 0 Å². The van der Waals surface area contributed by atoms with Gasteiger partial charge in [0.15, 0.2) is 5.11 Å². The number of hydrogen-bond donors (Lipinski definition) is 2. The van der Waals surface area contributed by atoms with Crippen molar-refractivity contribution in [3.05, 3.63) is 47.7 Å². The summed E-state index contributed by atoms with van der Waals surface area (Å²) < 4.78 is 0. The minimum atomic E-state index is 0.118. The van der Waals surface area contributed by atoms with Crippen LogP contribution in [0, 0.1) is 6.92 Å². The lowest BCUT2D eigenvalue weighted by Crippen LogP contribution is -2.33. The van der Waals surface area contributed by atoms with Gasteiger partial charge in [-0.1, -0.05) is 30.3 Å². The monoisotopic (exact) mass is 355 g/mol. The minimum Gasteiger partial charge on any atom is -0.356 e. The van der Waals surface area contributed by atoms with Crippen LogP contribution in [0.25, 0.3) is 0 Å². The zero-order valence-corrected chi connectivity index (χ0v) is 15.6. The summed E-state index contributed by atoms with van der Waals surface area (Å²) in [4.78, 5) is 11.5. The maximum atomic E-state index is 5.44. The van der Waals surface area contributed by atoms with Crippen molar-refractivity contribution >= 4 is 29.1 Å². The van der Waals surface area contributed by atoms with E-state index in [0.29, 0.717) is 11.1 Å². The molecule has 1 unspecified atom stereocenters. The van der Waals surface area contributed by atoms with Crippen LogP contribution in [-0.2, 0) is 0 Å². The fourth-order valence-electron chi connectivity index (χ4n) is 3.05. The quantitative estimate of drug-likeness (QED) is 0.813. The summed E-state index contributed by atoms with van der Waals surface area (Å²) in [7, 11) is 0. The van der Waals surface area contributed by atoms with Gasteiger partial charge in [-0.3, -0.25) is 0 Å². The average Bonchev–Trinajstić information content (AvgIpc) is 2.62. The van der Waals surface area contributed by atoms with Gasteiger partial charge >= 0.3 is 0 Å². The third-order valence-electron chi connectivity index (χ3n) is 4.39. The molecule has 25 heavy (non-hydrogen) atoms. The molecule has 1 atom stereocenters. The molecule has 0 bridgehead atoms. The first-order chi connectivity index (χ1) is 12.1. The van der Waals surface area contributed by atoms with Crippen LogP contribution >= 0.6 is 12.2 Å². The Morgan fingerprint density at radius 2 is 1.84 bits per heavy atom. The maximum absolute atomic E-state index is 5.44. The van der Waals surface area contributed by atoms with Crippen LogP contribution in [0.1, 0.15) is 43.5 Å². The van der Waals surface area contributed by atoms with Gasteiger partial charge in [0, 0.05) is 24.8 Å². The summed E-state index contributed by atoms with van der Waals surface area (Å²) in [5.41, 5.74) is 2.13. The molecule has 5 nitrogen and oxygen atoms in total. The number of aromatic nitrogens is 2. The van der Waals surface area contributed by atoms with E-state index in [2.05, 4.69) is 44.6 Å². The third-order valence-corrected chi connectivity index (χ3v) is 4.61. The predicted molar refractivity (Wildman–Crippen MR) is 107 cm³/mol. The topological polar surface area (TPSA) is 53.1 Å². The fourth-order valence-corrected chi connectivity index (χ4v) is 3.32. The third kappa shape index (κ3) is 4.89. The number of benzene rings is 1. The van der Waals surface area contributed by atoms with Gasteiger partial charge in [-0.25, -0.2) is 4.98 Å². The first-order valence-corrected chi connectivity index (χ1v) is 9.26. The average molecular weight is 356 g/mol. The van der Waals surface area contributed by atoms with Crippen molar-refractivity contribution in [1.29, 1.82) is 0 Å². The van der Waals surface area contributed by atoms with E-state index >= 15 is 0 Å². The molecule has 2 heterocycles. The first kappa shape index (κ1) is 17.6. The minimum absolute atomic E-state index is 0.118. The zero-order chi connectivity index (χ0) is 17.6. The van der Waals surface area contributed by atoms with Gasteiger partial charge in [0.05, 0.1) is 6.04 Å². The Morgan fingerprint density at radius 3 is 2.56 bits per heavy atom. The van der Waals surface area contributed by atoms with Crippen molar-refractivity contribution in [3.8, 4) is 0 Å². The molecule has 6 heteroatoms. The summed E-state index contributed by atoms with van der Waals surface area (Å²) in [5, 5.41) is 6.96. The van der Waals surface area contributed by atoms with Crippen LogP contribution in [0.4, 0.5) is 11.8 Å². The molecule has 0 saturated carbocycles. The lowest BCUT2D eigenvalue weighted by Gasteiger charge is -2.28. The van der Waals surface area contributed by atoms with Gasteiger partial charge < -0.3 is 15.5 Å². The molecule has 1 aliphatic rings. The first-order valence-electron chi connectivity index (χ1n) is 8.85. The van der Waals surface area contributed by atoms with Crippen molar-refractivity contribution in [2.45, 2.75) is 39.2 Å². The van der Waals surface area contributed by atoms with Crippen LogP contribution in [0.5, 0.6) is 0 Å². The van der Waals surface area contributed by atoms with E-state index in [-0.39, 0.29) is 6.04 Å². The van der Waals surface area contributed by atoms with Crippen molar-refractivity contribution in [1.82, 2.24) is 15.3 Å². The SMILES string of the molecule is Cc1cc(N2CCCCC2)nc(NC(=S)NC(C)c2ccccc2)n1. The highest BCUT2D eigenvalue weighted by atomic mass is 32.1. The van der Waals surface area contributed by atoms with E-state index in [1.54, 1.807) is 0 Å². The van der Waals surface area contributed by atoms with Crippen LogP contribution in [0.3, 0.4) is 0 Å². The number of rotatable bonds is 4. The van der Waals surface area contributed by atoms with E-state index in [1.807, 2.05) is 31.2 Å². The molecule has 1 fully saturated rings. The number of thiocarbonyl (C=S) groups is 1. The maximum Gasteiger partial charge on any atom is 0.231 e. The van der Waals surface area contributed by atoms with Crippen molar-refractivity contribution in [2.75, 3.05) is 23.3 Å².